The zero-order valence-corrected chi connectivity index (χ0v) is 9.11. The molecule has 2 rings (SSSR count). The Hall–Kier alpha value is -1.95. The van der Waals surface area contributed by atoms with E-state index in [9.17, 15) is 4.79 Å². The Morgan fingerprint density at radius 1 is 1.31 bits per heavy atom. The molecule has 0 fully saturated rings. The summed E-state index contributed by atoms with van der Waals surface area (Å²) in [6, 6.07) is 9.62. The van der Waals surface area contributed by atoms with Gasteiger partial charge in [0.2, 0.25) is 0 Å². The SMILES string of the molecule is NC(=O)COc1nnc(-c2ccccc2)s1. The number of nitrogens with zero attached hydrogens (tertiary/aromatic N) is 2. The van der Waals surface area contributed by atoms with E-state index in [1.807, 2.05) is 30.3 Å². The molecule has 0 aliphatic heterocycles. The van der Waals surface area contributed by atoms with Gasteiger partial charge in [-0.1, -0.05) is 46.8 Å². The molecule has 0 aliphatic rings. The van der Waals surface area contributed by atoms with Crippen LogP contribution in [0.25, 0.3) is 10.6 Å². The van der Waals surface area contributed by atoms with Gasteiger partial charge < -0.3 is 10.5 Å². The smallest absolute Gasteiger partial charge is 0.294 e. The molecule has 1 aromatic carbocycles. The molecular weight excluding hydrogens is 226 g/mol. The third kappa shape index (κ3) is 2.54. The molecule has 2 aromatic rings. The summed E-state index contributed by atoms with van der Waals surface area (Å²) >= 11 is 1.28. The number of benzene rings is 1. The van der Waals surface area contributed by atoms with Gasteiger partial charge in [0, 0.05) is 5.56 Å². The lowest BCUT2D eigenvalue weighted by Gasteiger charge is -1.95. The zero-order chi connectivity index (χ0) is 11.4. The van der Waals surface area contributed by atoms with Crippen molar-refractivity contribution < 1.29 is 9.53 Å². The minimum atomic E-state index is -0.531. The van der Waals surface area contributed by atoms with Gasteiger partial charge in [0.25, 0.3) is 11.1 Å². The topological polar surface area (TPSA) is 78.1 Å². The van der Waals surface area contributed by atoms with Gasteiger partial charge in [0.15, 0.2) is 11.6 Å². The van der Waals surface area contributed by atoms with Crippen molar-refractivity contribution in [3.63, 3.8) is 0 Å². The number of carbonyl (C=O) groups excluding carboxylic acids is 1. The highest BCUT2D eigenvalue weighted by molar-refractivity contribution is 7.16. The fourth-order valence-electron chi connectivity index (χ4n) is 1.10. The first-order valence-electron chi connectivity index (χ1n) is 4.56. The third-order valence-electron chi connectivity index (χ3n) is 1.77. The molecule has 0 radical (unpaired) electrons. The second-order valence-corrected chi connectivity index (χ2v) is 3.93. The van der Waals surface area contributed by atoms with E-state index >= 15 is 0 Å². The zero-order valence-electron chi connectivity index (χ0n) is 8.29. The number of hydrogen-bond acceptors (Lipinski definition) is 5. The number of carbonyl (C=O) groups is 1. The molecule has 1 amide bonds. The molecule has 0 spiro atoms. The molecule has 5 nitrogen and oxygen atoms in total. The summed E-state index contributed by atoms with van der Waals surface area (Å²) in [4.78, 5) is 10.5. The highest BCUT2D eigenvalue weighted by Gasteiger charge is 2.07. The van der Waals surface area contributed by atoms with Crippen molar-refractivity contribution in [3.8, 4) is 15.8 Å². The summed E-state index contributed by atoms with van der Waals surface area (Å²) in [6.07, 6.45) is 0. The summed E-state index contributed by atoms with van der Waals surface area (Å²) < 4.78 is 5.04. The van der Waals surface area contributed by atoms with Crippen LogP contribution < -0.4 is 10.5 Å². The van der Waals surface area contributed by atoms with Crippen LogP contribution in [0.5, 0.6) is 5.19 Å². The predicted octanol–water partition coefficient (Wildman–Crippen LogP) is 1.07. The lowest BCUT2D eigenvalue weighted by atomic mass is 10.2. The van der Waals surface area contributed by atoms with Crippen LogP contribution in [0.4, 0.5) is 0 Å². The first-order valence-corrected chi connectivity index (χ1v) is 5.37. The number of nitrogens with two attached hydrogens (primary N) is 1. The Bertz CT molecular complexity index is 484. The molecule has 1 heterocycles. The highest BCUT2D eigenvalue weighted by atomic mass is 32.1. The van der Waals surface area contributed by atoms with E-state index in [2.05, 4.69) is 10.2 Å². The Kier molecular flexibility index (Phi) is 3.11. The van der Waals surface area contributed by atoms with Crippen molar-refractivity contribution >= 4 is 17.2 Å². The van der Waals surface area contributed by atoms with Gasteiger partial charge in [-0.05, 0) is 0 Å². The van der Waals surface area contributed by atoms with Gasteiger partial charge in [0.1, 0.15) is 0 Å². The van der Waals surface area contributed by atoms with Crippen LogP contribution in [0.15, 0.2) is 30.3 Å². The van der Waals surface area contributed by atoms with Crippen LogP contribution in [-0.4, -0.2) is 22.7 Å². The summed E-state index contributed by atoms with van der Waals surface area (Å²) in [5.74, 6) is -0.531. The quantitative estimate of drug-likeness (QED) is 0.859. The molecular formula is C10H9N3O2S. The Morgan fingerprint density at radius 2 is 2.06 bits per heavy atom. The van der Waals surface area contributed by atoms with Crippen molar-refractivity contribution in [2.75, 3.05) is 6.61 Å². The van der Waals surface area contributed by atoms with Gasteiger partial charge in [-0.3, -0.25) is 4.79 Å². The van der Waals surface area contributed by atoms with Gasteiger partial charge >= 0.3 is 0 Å². The van der Waals surface area contributed by atoms with E-state index in [0.29, 0.717) is 5.19 Å². The number of hydrogen-bond donors (Lipinski definition) is 1. The number of ether oxygens (including phenoxy) is 1. The van der Waals surface area contributed by atoms with E-state index in [1.165, 1.54) is 11.3 Å². The van der Waals surface area contributed by atoms with Crippen LogP contribution in [-0.2, 0) is 4.79 Å². The molecule has 0 saturated heterocycles. The molecule has 16 heavy (non-hydrogen) atoms. The van der Waals surface area contributed by atoms with E-state index in [-0.39, 0.29) is 6.61 Å². The fraction of sp³-hybridized carbons (Fsp3) is 0.100. The molecule has 0 saturated carbocycles. The maximum absolute atomic E-state index is 10.5. The van der Waals surface area contributed by atoms with Gasteiger partial charge in [-0.25, -0.2) is 0 Å². The minimum Gasteiger partial charge on any atom is -0.459 e. The normalized spacial score (nSPS) is 10.0. The average molecular weight is 235 g/mol. The van der Waals surface area contributed by atoms with Gasteiger partial charge in [-0.2, -0.15) is 0 Å². The second-order valence-electron chi connectivity index (χ2n) is 2.99. The third-order valence-corrected chi connectivity index (χ3v) is 2.65. The molecule has 6 heteroatoms. The van der Waals surface area contributed by atoms with E-state index in [4.69, 9.17) is 10.5 Å². The van der Waals surface area contributed by atoms with Crippen LogP contribution >= 0.6 is 11.3 Å². The van der Waals surface area contributed by atoms with E-state index in [1.54, 1.807) is 0 Å². The summed E-state index contributed by atoms with van der Waals surface area (Å²) in [5, 5.41) is 8.85. The Morgan fingerprint density at radius 3 is 2.75 bits per heavy atom. The number of primary amides is 1. The molecule has 2 N–H and O–H groups in total. The van der Waals surface area contributed by atoms with Gasteiger partial charge in [0.05, 0.1) is 0 Å². The lowest BCUT2D eigenvalue weighted by Crippen LogP contribution is -2.19. The first-order chi connectivity index (χ1) is 7.75. The molecule has 0 aliphatic carbocycles. The summed E-state index contributed by atoms with van der Waals surface area (Å²) in [6.45, 7) is -0.177. The van der Waals surface area contributed by atoms with Crippen LogP contribution in [0.1, 0.15) is 0 Å². The average Bonchev–Trinajstić information content (AvgIpc) is 2.76. The van der Waals surface area contributed by atoms with Crippen LogP contribution in [0.3, 0.4) is 0 Å². The maximum atomic E-state index is 10.5. The minimum absolute atomic E-state index is 0.177. The molecule has 0 unspecified atom stereocenters. The van der Waals surface area contributed by atoms with Crippen molar-refractivity contribution in [1.29, 1.82) is 0 Å². The van der Waals surface area contributed by atoms with Crippen LogP contribution in [0, 0.1) is 0 Å². The number of amides is 1. The van der Waals surface area contributed by atoms with Crippen molar-refractivity contribution in [2.24, 2.45) is 5.73 Å². The highest BCUT2D eigenvalue weighted by Crippen LogP contribution is 2.27. The van der Waals surface area contributed by atoms with Gasteiger partial charge in [-0.15, -0.1) is 5.10 Å². The molecule has 0 bridgehead atoms. The second kappa shape index (κ2) is 4.71. The monoisotopic (exact) mass is 235 g/mol. The summed E-state index contributed by atoms with van der Waals surface area (Å²) in [7, 11) is 0. The standard InChI is InChI=1S/C10H9N3O2S/c11-8(14)6-15-10-13-12-9(16-10)7-4-2-1-3-5-7/h1-5H,6H2,(H2,11,14). The summed E-state index contributed by atoms with van der Waals surface area (Å²) in [5.41, 5.74) is 5.92. The lowest BCUT2D eigenvalue weighted by molar-refractivity contribution is -0.119. The Labute approximate surface area is 95.9 Å². The molecule has 0 atom stereocenters. The Balaban J connectivity index is 2.11. The molecule has 1 aromatic heterocycles. The maximum Gasteiger partial charge on any atom is 0.294 e. The van der Waals surface area contributed by atoms with Crippen molar-refractivity contribution in [1.82, 2.24) is 10.2 Å². The molecule has 82 valence electrons. The van der Waals surface area contributed by atoms with E-state index in [0.717, 1.165) is 10.6 Å². The number of aromatic nitrogens is 2. The van der Waals surface area contributed by atoms with Crippen molar-refractivity contribution in [3.05, 3.63) is 30.3 Å². The first kappa shape index (κ1) is 10.6. The number of rotatable bonds is 4. The van der Waals surface area contributed by atoms with E-state index < -0.39 is 5.91 Å². The fourth-order valence-corrected chi connectivity index (χ4v) is 1.80. The largest absolute Gasteiger partial charge is 0.459 e. The predicted molar refractivity (Wildman–Crippen MR) is 60.0 cm³/mol. The van der Waals surface area contributed by atoms with Crippen molar-refractivity contribution in [2.45, 2.75) is 0 Å². The van der Waals surface area contributed by atoms with Crippen LogP contribution in [0.2, 0.25) is 0 Å².